The lowest BCUT2D eigenvalue weighted by Gasteiger charge is -2.18. The van der Waals surface area contributed by atoms with Crippen molar-refractivity contribution < 1.29 is 27.8 Å². The minimum Gasteiger partial charge on any atom is -0.481 e. The first-order chi connectivity index (χ1) is 13.6. The lowest BCUT2D eigenvalue weighted by Crippen LogP contribution is -2.30. The van der Waals surface area contributed by atoms with Crippen LogP contribution in [0.2, 0.25) is 0 Å². The zero-order valence-electron chi connectivity index (χ0n) is 15.5. The van der Waals surface area contributed by atoms with E-state index in [-0.39, 0.29) is 18.3 Å². The summed E-state index contributed by atoms with van der Waals surface area (Å²) in [6, 6.07) is 6.52. The molecule has 0 saturated carbocycles. The molecule has 3 aromatic rings. The number of rotatable bonds is 6. The number of ether oxygens (including phenoxy) is 1. The fourth-order valence-corrected chi connectivity index (χ4v) is 2.25. The van der Waals surface area contributed by atoms with Crippen molar-refractivity contribution in [2.75, 3.05) is 6.61 Å². The first-order valence-corrected chi connectivity index (χ1v) is 8.48. The molecule has 7 nitrogen and oxygen atoms in total. The van der Waals surface area contributed by atoms with Gasteiger partial charge in [0.1, 0.15) is 12.4 Å². The monoisotopic (exact) mass is 406 g/mol. The van der Waals surface area contributed by atoms with Gasteiger partial charge in [0.15, 0.2) is 5.69 Å². The van der Waals surface area contributed by atoms with Crippen molar-refractivity contribution in [1.29, 1.82) is 0 Å². The van der Waals surface area contributed by atoms with Gasteiger partial charge in [0.25, 0.3) is 0 Å². The molecule has 3 rings (SSSR count). The Bertz CT molecular complexity index is 997. The Morgan fingerprint density at radius 3 is 2.31 bits per heavy atom. The number of pyridine rings is 2. The zero-order valence-corrected chi connectivity index (χ0v) is 15.5. The average Bonchev–Trinajstić information content (AvgIpc) is 3.18. The number of aromatic amines is 1. The highest BCUT2D eigenvalue weighted by Gasteiger charge is 2.33. The maximum absolute atomic E-state index is 12.7. The highest BCUT2D eigenvalue weighted by atomic mass is 19.4. The Morgan fingerprint density at radius 2 is 1.79 bits per heavy atom. The number of carboxylic acid groups (broad SMARTS) is 1. The molecule has 0 aliphatic rings. The summed E-state index contributed by atoms with van der Waals surface area (Å²) in [5.41, 5.74) is -0.413. The Hall–Kier alpha value is -3.43. The fraction of sp³-hybridized carbons (Fsp3) is 0.263. The van der Waals surface area contributed by atoms with E-state index in [4.69, 9.17) is 9.84 Å². The summed E-state index contributed by atoms with van der Waals surface area (Å²) in [7, 11) is 0. The Kier molecular flexibility index (Phi) is 5.27. The summed E-state index contributed by atoms with van der Waals surface area (Å²) >= 11 is 0. The molecule has 0 amide bonds. The summed E-state index contributed by atoms with van der Waals surface area (Å²) in [4.78, 5) is 25.5. The van der Waals surface area contributed by atoms with Gasteiger partial charge in [0.2, 0.25) is 5.88 Å². The molecule has 10 heteroatoms. The molecule has 0 fully saturated rings. The number of H-pyrrole nitrogens is 1. The molecule has 0 bridgehead atoms. The van der Waals surface area contributed by atoms with Gasteiger partial charge in [-0.25, -0.2) is 9.97 Å². The number of halogens is 3. The third-order valence-electron chi connectivity index (χ3n) is 4.10. The van der Waals surface area contributed by atoms with Gasteiger partial charge in [-0.15, -0.1) is 0 Å². The normalized spacial score (nSPS) is 12.0. The van der Waals surface area contributed by atoms with Gasteiger partial charge in [-0.3, -0.25) is 9.78 Å². The van der Waals surface area contributed by atoms with Crippen molar-refractivity contribution in [3.63, 3.8) is 0 Å². The van der Waals surface area contributed by atoms with E-state index in [0.717, 1.165) is 6.20 Å². The molecule has 0 aliphatic heterocycles. The van der Waals surface area contributed by atoms with Gasteiger partial charge in [0.05, 0.1) is 11.1 Å². The number of nitrogens with zero attached hydrogens (tertiary/aromatic N) is 3. The molecule has 0 aliphatic carbocycles. The lowest BCUT2D eigenvalue weighted by atomic mass is 9.95. The number of nitrogens with one attached hydrogen (secondary N) is 1. The van der Waals surface area contributed by atoms with Gasteiger partial charge in [0, 0.05) is 35.8 Å². The van der Waals surface area contributed by atoms with Crippen LogP contribution in [0.4, 0.5) is 13.2 Å². The standard InChI is InChI=1S/C19H17F3N4O3/c1-18(2,17(27)28)10-29-15-6-4-11(7-24-15)13-5-3-12(8-23-13)16-25-9-14(26-16)19(20,21)22/h3-9H,10H2,1-2H3,(H,25,26)(H,27,28). The van der Waals surface area contributed by atoms with E-state index in [1.807, 2.05) is 0 Å². The number of hydrogen-bond donors (Lipinski definition) is 2. The maximum atomic E-state index is 12.7. The third kappa shape index (κ3) is 4.71. The third-order valence-corrected chi connectivity index (χ3v) is 4.10. The quantitative estimate of drug-likeness (QED) is 0.641. The topological polar surface area (TPSA) is 101 Å². The van der Waals surface area contributed by atoms with Crippen molar-refractivity contribution in [2.45, 2.75) is 20.0 Å². The van der Waals surface area contributed by atoms with Crippen molar-refractivity contribution in [3.8, 4) is 28.5 Å². The molecular formula is C19H17F3N4O3. The van der Waals surface area contributed by atoms with E-state index < -0.39 is 23.3 Å². The lowest BCUT2D eigenvalue weighted by molar-refractivity contribution is -0.148. The van der Waals surface area contributed by atoms with Crippen LogP contribution in [0.25, 0.3) is 22.6 Å². The van der Waals surface area contributed by atoms with E-state index >= 15 is 0 Å². The van der Waals surface area contributed by atoms with E-state index in [0.29, 0.717) is 16.8 Å². The van der Waals surface area contributed by atoms with Crippen LogP contribution >= 0.6 is 0 Å². The Labute approximate surface area is 163 Å². The van der Waals surface area contributed by atoms with Gasteiger partial charge >= 0.3 is 12.1 Å². The maximum Gasteiger partial charge on any atom is 0.434 e. The Balaban J connectivity index is 1.70. The molecule has 3 heterocycles. The second-order valence-corrected chi connectivity index (χ2v) is 6.93. The summed E-state index contributed by atoms with van der Waals surface area (Å²) < 4.78 is 43.4. The number of alkyl halides is 3. The molecule has 0 unspecified atom stereocenters. The molecule has 0 radical (unpaired) electrons. The molecular weight excluding hydrogens is 389 g/mol. The number of aromatic nitrogens is 4. The Morgan fingerprint density at radius 1 is 1.10 bits per heavy atom. The molecule has 152 valence electrons. The first kappa shape index (κ1) is 20.3. The number of hydrogen-bond acceptors (Lipinski definition) is 5. The smallest absolute Gasteiger partial charge is 0.434 e. The van der Waals surface area contributed by atoms with Gasteiger partial charge in [-0.05, 0) is 32.0 Å². The van der Waals surface area contributed by atoms with Crippen LogP contribution in [0.1, 0.15) is 19.5 Å². The SMILES string of the molecule is CC(C)(COc1ccc(-c2ccc(-c3nc(C(F)(F)F)c[nH]3)cn2)cn1)C(=O)O. The van der Waals surface area contributed by atoms with Crippen LogP contribution in [0, 0.1) is 5.41 Å². The molecule has 0 aromatic carbocycles. The van der Waals surface area contributed by atoms with Crippen molar-refractivity contribution in [3.05, 3.63) is 48.5 Å². The minimum absolute atomic E-state index is 0.0370. The van der Waals surface area contributed by atoms with E-state index in [2.05, 4.69) is 19.9 Å². The average molecular weight is 406 g/mol. The van der Waals surface area contributed by atoms with Crippen LogP contribution in [0.5, 0.6) is 5.88 Å². The fourth-order valence-electron chi connectivity index (χ4n) is 2.25. The predicted octanol–water partition coefficient (Wildman–Crippen LogP) is 4.04. The van der Waals surface area contributed by atoms with E-state index in [1.165, 1.54) is 12.4 Å². The first-order valence-electron chi connectivity index (χ1n) is 8.48. The van der Waals surface area contributed by atoms with Crippen molar-refractivity contribution in [1.82, 2.24) is 19.9 Å². The van der Waals surface area contributed by atoms with Gasteiger partial charge < -0.3 is 14.8 Å². The number of carbonyl (C=O) groups is 1. The van der Waals surface area contributed by atoms with Crippen molar-refractivity contribution in [2.24, 2.45) is 5.41 Å². The second-order valence-electron chi connectivity index (χ2n) is 6.93. The van der Waals surface area contributed by atoms with Crippen LogP contribution in [0.3, 0.4) is 0 Å². The summed E-state index contributed by atoms with van der Waals surface area (Å²) in [5.74, 6) is -0.633. The molecule has 0 atom stereocenters. The number of carboxylic acids is 1. The largest absolute Gasteiger partial charge is 0.481 e. The minimum atomic E-state index is -4.52. The number of aliphatic carboxylic acids is 1. The van der Waals surface area contributed by atoms with Gasteiger partial charge in [-0.2, -0.15) is 13.2 Å². The molecule has 2 N–H and O–H groups in total. The second kappa shape index (κ2) is 7.53. The molecule has 0 spiro atoms. The highest BCUT2D eigenvalue weighted by Crippen LogP contribution is 2.29. The van der Waals surface area contributed by atoms with E-state index in [9.17, 15) is 18.0 Å². The van der Waals surface area contributed by atoms with E-state index in [1.54, 1.807) is 38.1 Å². The van der Waals surface area contributed by atoms with Crippen LogP contribution in [-0.2, 0) is 11.0 Å². The predicted molar refractivity (Wildman–Crippen MR) is 97.0 cm³/mol. The van der Waals surface area contributed by atoms with Crippen LogP contribution in [0.15, 0.2) is 42.9 Å². The summed E-state index contributed by atoms with van der Waals surface area (Å²) in [6.45, 7) is 3.06. The van der Waals surface area contributed by atoms with Crippen LogP contribution in [-0.4, -0.2) is 37.6 Å². The highest BCUT2D eigenvalue weighted by molar-refractivity contribution is 5.73. The van der Waals surface area contributed by atoms with Crippen molar-refractivity contribution >= 4 is 5.97 Å². The van der Waals surface area contributed by atoms with Crippen LogP contribution < -0.4 is 4.74 Å². The van der Waals surface area contributed by atoms with Gasteiger partial charge in [-0.1, -0.05) is 0 Å². The molecule has 29 heavy (non-hydrogen) atoms. The zero-order chi connectivity index (χ0) is 21.2. The number of imidazole rings is 1. The summed E-state index contributed by atoms with van der Waals surface area (Å²) in [5, 5.41) is 9.09. The summed E-state index contributed by atoms with van der Waals surface area (Å²) in [6.07, 6.45) is -0.789. The molecule has 3 aromatic heterocycles. The molecule has 0 saturated heterocycles.